The molecule has 7 nitrogen and oxygen atoms in total. The minimum Gasteiger partial charge on any atom is -0.352 e. The third-order valence-electron chi connectivity index (χ3n) is 6.07. The van der Waals surface area contributed by atoms with Crippen molar-refractivity contribution in [2.45, 2.75) is 39.8 Å². The number of benzene rings is 2. The number of fused-ring (bicyclic) bond motifs is 1. The Kier molecular flexibility index (Phi) is 6.87. The number of piperidine rings is 1. The quantitative estimate of drug-likeness (QED) is 0.630. The molecule has 0 aliphatic carbocycles. The van der Waals surface area contributed by atoms with Crippen molar-refractivity contribution >= 4 is 22.6 Å². The zero-order valence-corrected chi connectivity index (χ0v) is 19.2. The van der Waals surface area contributed by atoms with E-state index in [1.807, 2.05) is 50.2 Å². The molecule has 2 heterocycles. The molecule has 0 saturated carbocycles. The third kappa shape index (κ3) is 5.13. The molecular formula is C26H30N4O3. The van der Waals surface area contributed by atoms with Crippen LogP contribution in [0, 0.1) is 11.8 Å². The Balaban J connectivity index is 1.46. The van der Waals surface area contributed by atoms with Gasteiger partial charge < -0.3 is 10.2 Å². The predicted molar refractivity (Wildman–Crippen MR) is 128 cm³/mol. The zero-order chi connectivity index (χ0) is 23.4. The fourth-order valence-corrected chi connectivity index (χ4v) is 4.29. The molecule has 3 aromatic rings. The SMILES string of the molecule is CC(C)Cn1nc(C(=O)N2CCC(C(=O)NCc3ccccc3)CC2)c2ccccc2c1=O. The summed E-state index contributed by atoms with van der Waals surface area (Å²) in [6.07, 6.45) is 1.21. The van der Waals surface area contributed by atoms with Gasteiger partial charge in [0, 0.05) is 37.5 Å². The first-order valence-corrected chi connectivity index (χ1v) is 11.5. The van der Waals surface area contributed by atoms with Gasteiger partial charge in [0.05, 0.1) is 5.39 Å². The molecule has 1 saturated heterocycles. The molecule has 1 N–H and O–H groups in total. The summed E-state index contributed by atoms with van der Waals surface area (Å²) in [6, 6.07) is 17.0. The zero-order valence-electron chi connectivity index (χ0n) is 19.2. The molecule has 33 heavy (non-hydrogen) atoms. The van der Waals surface area contributed by atoms with Crippen LogP contribution in [0.4, 0.5) is 0 Å². The number of nitrogens with one attached hydrogen (secondary N) is 1. The fraction of sp³-hybridized carbons (Fsp3) is 0.385. The standard InChI is InChI=1S/C26H30N4O3/c1-18(2)17-30-25(32)22-11-7-6-10-21(22)23(28-30)26(33)29-14-12-20(13-15-29)24(31)27-16-19-8-4-3-5-9-19/h3-11,18,20H,12-17H2,1-2H3,(H,27,31). The van der Waals surface area contributed by atoms with E-state index in [1.54, 1.807) is 23.1 Å². The highest BCUT2D eigenvalue weighted by Gasteiger charge is 2.29. The van der Waals surface area contributed by atoms with Gasteiger partial charge in [-0.1, -0.05) is 62.4 Å². The Morgan fingerprint density at radius 1 is 1.00 bits per heavy atom. The second-order valence-corrected chi connectivity index (χ2v) is 9.05. The van der Waals surface area contributed by atoms with Crippen LogP contribution < -0.4 is 10.9 Å². The summed E-state index contributed by atoms with van der Waals surface area (Å²) in [5.74, 6) is -0.0475. The number of nitrogens with zero attached hydrogens (tertiary/aromatic N) is 3. The van der Waals surface area contributed by atoms with Gasteiger partial charge >= 0.3 is 0 Å². The molecule has 2 amide bonds. The lowest BCUT2D eigenvalue weighted by atomic mass is 9.95. The van der Waals surface area contributed by atoms with Gasteiger partial charge in [0.2, 0.25) is 5.91 Å². The average molecular weight is 447 g/mol. The number of amides is 2. The molecule has 0 unspecified atom stereocenters. The van der Waals surface area contributed by atoms with Crippen LogP contribution in [0.15, 0.2) is 59.4 Å². The topological polar surface area (TPSA) is 84.3 Å². The van der Waals surface area contributed by atoms with Gasteiger partial charge in [0.25, 0.3) is 11.5 Å². The van der Waals surface area contributed by atoms with Crippen LogP contribution in [0.5, 0.6) is 0 Å². The fourth-order valence-electron chi connectivity index (χ4n) is 4.29. The summed E-state index contributed by atoms with van der Waals surface area (Å²) in [5, 5.41) is 8.56. The van der Waals surface area contributed by atoms with Crippen molar-refractivity contribution in [1.29, 1.82) is 0 Å². The molecule has 1 aliphatic heterocycles. The van der Waals surface area contributed by atoms with Gasteiger partial charge in [-0.05, 0) is 30.4 Å². The lowest BCUT2D eigenvalue weighted by Gasteiger charge is -2.31. The van der Waals surface area contributed by atoms with Gasteiger partial charge in [-0.25, -0.2) is 4.68 Å². The summed E-state index contributed by atoms with van der Waals surface area (Å²) in [7, 11) is 0. The lowest BCUT2D eigenvalue weighted by Crippen LogP contribution is -2.43. The number of hydrogen-bond acceptors (Lipinski definition) is 4. The molecule has 0 spiro atoms. The monoisotopic (exact) mass is 446 g/mol. The number of carbonyl (C=O) groups excluding carboxylic acids is 2. The normalized spacial score (nSPS) is 14.6. The summed E-state index contributed by atoms with van der Waals surface area (Å²) < 4.78 is 1.41. The van der Waals surface area contributed by atoms with Crippen molar-refractivity contribution in [2.75, 3.05) is 13.1 Å². The van der Waals surface area contributed by atoms with E-state index in [0.717, 1.165) is 5.56 Å². The molecule has 1 fully saturated rings. The van der Waals surface area contributed by atoms with Crippen LogP contribution in [-0.4, -0.2) is 39.6 Å². The van der Waals surface area contributed by atoms with Crippen molar-refractivity contribution in [3.05, 3.63) is 76.2 Å². The largest absolute Gasteiger partial charge is 0.352 e. The van der Waals surface area contributed by atoms with Crippen molar-refractivity contribution < 1.29 is 9.59 Å². The van der Waals surface area contributed by atoms with E-state index in [9.17, 15) is 14.4 Å². The van der Waals surface area contributed by atoms with Crippen LogP contribution in [0.2, 0.25) is 0 Å². The first kappa shape index (κ1) is 22.7. The van der Waals surface area contributed by atoms with Crippen LogP contribution in [0.3, 0.4) is 0 Å². The second-order valence-electron chi connectivity index (χ2n) is 9.05. The average Bonchev–Trinajstić information content (AvgIpc) is 2.84. The van der Waals surface area contributed by atoms with Gasteiger partial charge in [-0.15, -0.1) is 0 Å². The second kappa shape index (κ2) is 9.98. The Morgan fingerprint density at radius 3 is 2.30 bits per heavy atom. The Morgan fingerprint density at radius 2 is 1.64 bits per heavy atom. The summed E-state index contributed by atoms with van der Waals surface area (Å²) in [5.41, 5.74) is 1.19. The summed E-state index contributed by atoms with van der Waals surface area (Å²) in [6.45, 7) is 5.96. The third-order valence-corrected chi connectivity index (χ3v) is 6.07. The van der Waals surface area contributed by atoms with Crippen LogP contribution in [-0.2, 0) is 17.9 Å². The van der Waals surface area contributed by atoms with Gasteiger partial charge in [-0.3, -0.25) is 14.4 Å². The van der Waals surface area contributed by atoms with E-state index < -0.39 is 0 Å². The van der Waals surface area contributed by atoms with E-state index in [0.29, 0.717) is 55.5 Å². The molecule has 7 heteroatoms. The minimum atomic E-state index is -0.188. The smallest absolute Gasteiger partial charge is 0.274 e. The molecule has 2 aromatic carbocycles. The van der Waals surface area contributed by atoms with E-state index in [4.69, 9.17) is 0 Å². The van der Waals surface area contributed by atoms with Crippen molar-refractivity contribution in [1.82, 2.24) is 20.0 Å². The van der Waals surface area contributed by atoms with E-state index >= 15 is 0 Å². The molecule has 0 radical (unpaired) electrons. The Bertz CT molecular complexity index is 1200. The van der Waals surface area contributed by atoms with Gasteiger partial charge in [-0.2, -0.15) is 5.10 Å². The number of hydrogen-bond donors (Lipinski definition) is 1. The maximum absolute atomic E-state index is 13.4. The van der Waals surface area contributed by atoms with Crippen LogP contribution in [0.25, 0.3) is 10.8 Å². The van der Waals surface area contributed by atoms with Crippen LogP contribution in [0.1, 0.15) is 42.7 Å². The molecule has 4 rings (SSSR count). The molecule has 0 bridgehead atoms. The maximum Gasteiger partial charge on any atom is 0.274 e. The van der Waals surface area contributed by atoms with E-state index in [1.165, 1.54) is 4.68 Å². The molecule has 172 valence electrons. The number of likely N-dealkylation sites (tertiary alicyclic amines) is 1. The summed E-state index contributed by atoms with van der Waals surface area (Å²) >= 11 is 0. The predicted octanol–water partition coefficient (Wildman–Crippen LogP) is 3.22. The first-order valence-electron chi connectivity index (χ1n) is 11.5. The lowest BCUT2D eigenvalue weighted by molar-refractivity contribution is -0.126. The number of rotatable bonds is 6. The van der Waals surface area contributed by atoms with Crippen molar-refractivity contribution in [3.63, 3.8) is 0 Å². The first-order chi connectivity index (χ1) is 15.9. The number of aromatic nitrogens is 2. The Hall–Kier alpha value is -3.48. The minimum absolute atomic E-state index is 0.0278. The van der Waals surface area contributed by atoms with Crippen LogP contribution >= 0.6 is 0 Å². The maximum atomic E-state index is 13.4. The summed E-state index contributed by atoms with van der Waals surface area (Å²) in [4.78, 5) is 40.6. The highest BCUT2D eigenvalue weighted by atomic mass is 16.2. The van der Waals surface area contributed by atoms with E-state index in [-0.39, 0.29) is 29.2 Å². The Labute approximate surface area is 193 Å². The molecular weight excluding hydrogens is 416 g/mol. The number of carbonyl (C=O) groups is 2. The highest BCUT2D eigenvalue weighted by Crippen LogP contribution is 2.22. The molecule has 1 aliphatic rings. The van der Waals surface area contributed by atoms with Gasteiger partial charge in [0.15, 0.2) is 5.69 Å². The highest BCUT2D eigenvalue weighted by molar-refractivity contribution is 6.04. The van der Waals surface area contributed by atoms with Crippen molar-refractivity contribution in [3.8, 4) is 0 Å². The van der Waals surface area contributed by atoms with Gasteiger partial charge in [0.1, 0.15) is 0 Å². The van der Waals surface area contributed by atoms with E-state index in [2.05, 4.69) is 10.4 Å². The molecule has 0 atom stereocenters. The van der Waals surface area contributed by atoms with Crippen molar-refractivity contribution in [2.24, 2.45) is 11.8 Å². The molecule has 1 aromatic heterocycles.